The van der Waals surface area contributed by atoms with E-state index in [1.165, 1.54) is 0 Å². The Morgan fingerprint density at radius 1 is 1.45 bits per heavy atom. The Bertz CT molecular complexity index is 243. The zero-order valence-corrected chi connectivity index (χ0v) is 7.02. The van der Waals surface area contributed by atoms with Crippen LogP contribution in [0.25, 0.3) is 0 Å². The van der Waals surface area contributed by atoms with E-state index in [0.29, 0.717) is 0 Å². The second-order valence-corrected chi connectivity index (χ2v) is 2.60. The Labute approximate surface area is 67.4 Å². The number of hydrogen-bond acceptors (Lipinski definition) is 2. The highest BCUT2D eigenvalue weighted by atomic mass is 14.9. The van der Waals surface area contributed by atoms with Crippen LogP contribution in [0, 0.1) is 6.92 Å². The van der Waals surface area contributed by atoms with Gasteiger partial charge in [-0.15, -0.1) is 0 Å². The quantitative estimate of drug-likeness (QED) is 0.633. The maximum absolute atomic E-state index is 5.71. The van der Waals surface area contributed by atoms with Crippen LogP contribution in [0.4, 0.5) is 11.4 Å². The summed E-state index contributed by atoms with van der Waals surface area (Å²) in [6.07, 6.45) is 0. The summed E-state index contributed by atoms with van der Waals surface area (Å²) in [4.78, 5) is 0. The molecule has 0 aliphatic carbocycles. The zero-order valence-electron chi connectivity index (χ0n) is 7.02. The van der Waals surface area contributed by atoms with Gasteiger partial charge in [0.1, 0.15) is 0 Å². The number of hydrogen-bond donors (Lipinski definition) is 2. The minimum absolute atomic E-state index is 0.850. The molecule has 1 aromatic rings. The van der Waals surface area contributed by atoms with E-state index < -0.39 is 0 Å². The lowest BCUT2D eigenvalue weighted by atomic mass is 10.2. The minimum Gasteiger partial charge on any atom is -0.398 e. The first kappa shape index (κ1) is 7.92. The molecule has 1 rings (SSSR count). The van der Waals surface area contributed by atoms with Gasteiger partial charge in [0.05, 0.1) is 0 Å². The van der Waals surface area contributed by atoms with Crippen LogP contribution in [0.2, 0.25) is 0 Å². The minimum atomic E-state index is 0.850. The summed E-state index contributed by atoms with van der Waals surface area (Å²) >= 11 is 0. The number of aryl methyl sites for hydroxylation is 1. The van der Waals surface area contributed by atoms with Crippen LogP contribution >= 0.6 is 0 Å². The molecule has 0 amide bonds. The Kier molecular flexibility index (Phi) is 2.36. The second-order valence-electron chi connectivity index (χ2n) is 2.60. The molecule has 0 aromatic heterocycles. The molecule has 0 spiro atoms. The Hall–Kier alpha value is -1.18. The summed E-state index contributed by atoms with van der Waals surface area (Å²) in [6.45, 7) is 5.00. The van der Waals surface area contributed by atoms with E-state index in [2.05, 4.69) is 12.2 Å². The van der Waals surface area contributed by atoms with Gasteiger partial charge in [0, 0.05) is 17.9 Å². The molecular formula is C9H14N2. The zero-order chi connectivity index (χ0) is 8.27. The summed E-state index contributed by atoms with van der Waals surface area (Å²) < 4.78 is 0. The van der Waals surface area contributed by atoms with Gasteiger partial charge in [-0.2, -0.15) is 0 Å². The molecule has 2 nitrogen and oxygen atoms in total. The third kappa shape index (κ3) is 1.87. The Morgan fingerprint density at radius 3 is 2.73 bits per heavy atom. The summed E-state index contributed by atoms with van der Waals surface area (Å²) in [7, 11) is 0. The topological polar surface area (TPSA) is 38.0 Å². The van der Waals surface area contributed by atoms with Crippen LogP contribution in [0.5, 0.6) is 0 Å². The highest BCUT2D eigenvalue weighted by Crippen LogP contribution is 2.16. The van der Waals surface area contributed by atoms with Crippen molar-refractivity contribution in [3.8, 4) is 0 Å². The molecule has 11 heavy (non-hydrogen) atoms. The van der Waals surface area contributed by atoms with Crippen LogP contribution in [0.3, 0.4) is 0 Å². The fourth-order valence-electron chi connectivity index (χ4n) is 0.955. The predicted octanol–water partition coefficient (Wildman–Crippen LogP) is 2.01. The van der Waals surface area contributed by atoms with Crippen molar-refractivity contribution in [2.24, 2.45) is 0 Å². The lowest BCUT2D eigenvalue weighted by molar-refractivity contribution is 1.21. The number of benzene rings is 1. The van der Waals surface area contributed by atoms with Gasteiger partial charge in [-0.05, 0) is 31.5 Å². The van der Waals surface area contributed by atoms with E-state index in [4.69, 9.17) is 5.73 Å². The first-order valence-electron chi connectivity index (χ1n) is 3.84. The monoisotopic (exact) mass is 150 g/mol. The van der Waals surface area contributed by atoms with Gasteiger partial charge >= 0.3 is 0 Å². The van der Waals surface area contributed by atoms with Crippen molar-refractivity contribution in [1.29, 1.82) is 0 Å². The molecule has 0 fully saturated rings. The second kappa shape index (κ2) is 3.28. The summed E-state index contributed by atoms with van der Waals surface area (Å²) in [6, 6.07) is 6.02. The van der Waals surface area contributed by atoms with Crippen LogP contribution in [0.15, 0.2) is 18.2 Å². The molecular weight excluding hydrogens is 136 g/mol. The van der Waals surface area contributed by atoms with E-state index >= 15 is 0 Å². The molecule has 0 aliphatic heterocycles. The average molecular weight is 150 g/mol. The molecule has 2 heteroatoms. The van der Waals surface area contributed by atoms with Gasteiger partial charge in [0.2, 0.25) is 0 Å². The van der Waals surface area contributed by atoms with Crippen LogP contribution in [0.1, 0.15) is 12.5 Å². The molecule has 0 aliphatic rings. The van der Waals surface area contributed by atoms with Crippen molar-refractivity contribution >= 4 is 11.4 Å². The van der Waals surface area contributed by atoms with Gasteiger partial charge in [0.15, 0.2) is 0 Å². The summed E-state index contributed by atoms with van der Waals surface area (Å²) in [5.41, 5.74) is 8.79. The molecule has 60 valence electrons. The van der Waals surface area contributed by atoms with Crippen molar-refractivity contribution in [2.45, 2.75) is 13.8 Å². The maximum atomic E-state index is 5.71. The molecule has 0 saturated heterocycles. The van der Waals surface area contributed by atoms with E-state index in [-0.39, 0.29) is 0 Å². The first-order chi connectivity index (χ1) is 5.24. The fraction of sp³-hybridized carbons (Fsp3) is 0.333. The molecule has 0 unspecified atom stereocenters. The molecule has 1 aromatic carbocycles. The lowest BCUT2D eigenvalue weighted by Crippen LogP contribution is -1.98. The Morgan fingerprint density at radius 2 is 2.18 bits per heavy atom. The van der Waals surface area contributed by atoms with Crippen molar-refractivity contribution in [3.05, 3.63) is 23.8 Å². The summed E-state index contributed by atoms with van der Waals surface area (Å²) in [5.74, 6) is 0. The molecule has 0 atom stereocenters. The van der Waals surface area contributed by atoms with Crippen LogP contribution in [-0.4, -0.2) is 6.54 Å². The lowest BCUT2D eigenvalue weighted by Gasteiger charge is -2.05. The number of rotatable bonds is 2. The predicted molar refractivity (Wildman–Crippen MR) is 49.8 cm³/mol. The third-order valence-corrected chi connectivity index (χ3v) is 1.66. The van der Waals surface area contributed by atoms with Gasteiger partial charge in [-0.1, -0.05) is 6.07 Å². The number of anilines is 2. The van der Waals surface area contributed by atoms with E-state index in [1.807, 2.05) is 25.1 Å². The van der Waals surface area contributed by atoms with Gasteiger partial charge in [-0.3, -0.25) is 0 Å². The third-order valence-electron chi connectivity index (χ3n) is 1.66. The number of nitrogen functional groups attached to an aromatic ring is 1. The average Bonchev–Trinajstić information content (AvgIpc) is 1.98. The maximum Gasteiger partial charge on any atom is 0.0364 e. The van der Waals surface area contributed by atoms with Crippen LogP contribution < -0.4 is 11.1 Å². The van der Waals surface area contributed by atoms with Gasteiger partial charge in [-0.25, -0.2) is 0 Å². The fourth-order valence-corrected chi connectivity index (χ4v) is 0.955. The molecule has 3 N–H and O–H groups in total. The molecule has 0 bridgehead atoms. The standard InChI is InChI=1S/C9H14N2/c1-3-11-8-5-4-7(2)9(10)6-8/h4-6,11H,3,10H2,1-2H3. The summed E-state index contributed by atoms with van der Waals surface area (Å²) in [5, 5.41) is 3.20. The van der Waals surface area contributed by atoms with Crippen molar-refractivity contribution in [1.82, 2.24) is 0 Å². The van der Waals surface area contributed by atoms with E-state index in [9.17, 15) is 0 Å². The number of nitrogens with two attached hydrogens (primary N) is 1. The van der Waals surface area contributed by atoms with Crippen LogP contribution in [-0.2, 0) is 0 Å². The normalized spacial score (nSPS) is 9.64. The highest BCUT2D eigenvalue weighted by Gasteiger charge is 1.93. The van der Waals surface area contributed by atoms with E-state index in [1.54, 1.807) is 0 Å². The smallest absolute Gasteiger partial charge is 0.0364 e. The van der Waals surface area contributed by atoms with Crippen molar-refractivity contribution in [2.75, 3.05) is 17.6 Å². The number of nitrogens with one attached hydrogen (secondary N) is 1. The molecule has 0 radical (unpaired) electrons. The van der Waals surface area contributed by atoms with E-state index in [0.717, 1.165) is 23.5 Å². The molecule has 0 saturated carbocycles. The molecule has 0 heterocycles. The van der Waals surface area contributed by atoms with Crippen molar-refractivity contribution in [3.63, 3.8) is 0 Å². The SMILES string of the molecule is CCNc1ccc(C)c(N)c1. The first-order valence-corrected chi connectivity index (χ1v) is 3.84. The largest absolute Gasteiger partial charge is 0.398 e. The van der Waals surface area contributed by atoms with Crippen molar-refractivity contribution < 1.29 is 0 Å². The van der Waals surface area contributed by atoms with Gasteiger partial charge < -0.3 is 11.1 Å². The highest BCUT2D eigenvalue weighted by molar-refractivity contribution is 5.58. The van der Waals surface area contributed by atoms with Gasteiger partial charge in [0.25, 0.3) is 0 Å². The Balaban J connectivity index is 2.86.